The van der Waals surface area contributed by atoms with Crippen LogP contribution in [-0.2, 0) is 4.79 Å². The van der Waals surface area contributed by atoms with Gasteiger partial charge in [0.1, 0.15) is 0 Å². The van der Waals surface area contributed by atoms with Crippen LogP contribution < -0.4 is 5.32 Å². The minimum Gasteiger partial charge on any atom is -0.328 e. The van der Waals surface area contributed by atoms with E-state index < -0.39 is 0 Å². The van der Waals surface area contributed by atoms with Crippen LogP contribution in [0.15, 0.2) is 0 Å². The molecule has 1 amide bonds. The van der Waals surface area contributed by atoms with E-state index in [2.05, 4.69) is 26.1 Å². The predicted molar refractivity (Wildman–Crippen MR) is 74.1 cm³/mol. The van der Waals surface area contributed by atoms with Crippen molar-refractivity contribution in [2.75, 3.05) is 13.2 Å². The summed E-state index contributed by atoms with van der Waals surface area (Å²) in [6.45, 7) is 8.45. The zero-order valence-corrected chi connectivity index (χ0v) is 12.1. The fraction of sp³-hybridized carbons (Fsp3) is 0.933. The molecule has 0 aromatic rings. The zero-order chi connectivity index (χ0) is 13.1. The number of hydrogen-bond acceptors (Lipinski definition) is 2. The van der Waals surface area contributed by atoms with E-state index in [4.69, 9.17) is 0 Å². The third-order valence-electron chi connectivity index (χ3n) is 4.46. The molecule has 104 valence electrons. The maximum Gasteiger partial charge on any atom is 0.240 e. The Morgan fingerprint density at radius 1 is 1.28 bits per heavy atom. The molecule has 18 heavy (non-hydrogen) atoms. The summed E-state index contributed by atoms with van der Waals surface area (Å²) >= 11 is 0. The van der Waals surface area contributed by atoms with Gasteiger partial charge in [-0.05, 0) is 37.0 Å². The molecule has 1 unspecified atom stereocenters. The van der Waals surface area contributed by atoms with Crippen LogP contribution in [0, 0.1) is 17.8 Å². The molecule has 2 aliphatic rings. The van der Waals surface area contributed by atoms with Gasteiger partial charge in [0.05, 0.1) is 12.7 Å². The van der Waals surface area contributed by atoms with Crippen molar-refractivity contribution in [3.8, 4) is 0 Å². The Hall–Kier alpha value is -0.570. The lowest BCUT2D eigenvalue weighted by Crippen LogP contribution is -2.35. The SMILES string of the molecule is CC(C)CC1NCN(CC2CCC(C)CC2)C1=O. The van der Waals surface area contributed by atoms with Crippen LogP contribution in [0.3, 0.4) is 0 Å². The lowest BCUT2D eigenvalue weighted by Gasteiger charge is -2.29. The highest BCUT2D eigenvalue weighted by Gasteiger charge is 2.33. The van der Waals surface area contributed by atoms with E-state index in [1.54, 1.807) is 0 Å². The Bertz CT molecular complexity index is 282. The second-order valence-electron chi connectivity index (χ2n) is 6.73. The summed E-state index contributed by atoms with van der Waals surface area (Å²) in [6.07, 6.45) is 6.27. The van der Waals surface area contributed by atoms with E-state index in [0.29, 0.717) is 11.8 Å². The lowest BCUT2D eigenvalue weighted by atomic mass is 9.83. The average Bonchev–Trinajstić information content (AvgIpc) is 2.64. The zero-order valence-electron chi connectivity index (χ0n) is 12.1. The molecular weight excluding hydrogens is 224 g/mol. The number of carbonyl (C=O) groups is 1. The fourth-order valence-corrected chi connectivity index (χ4v) is 3.24. The molecule has 3 heteroatoms. The van der Waals surface area contributed by atoms with E-state index in [0.717, 1.165) is 31.5 Å². The van der Waals surface area contributed by atoms with Crippen LogP contribution in [0.1, 0.15) is 52.9 Å². The highest BCUT2D eigenvalue weighted by molar-refractivity contribution is 5.83. The van der Waals surface area contributed by atoms with Crippen molar-refractivity contribution in [3.63, 3.8) is 0 Å². The first kappa shape index (κ1) is 13.9. The third-order valence-corrected chi connectivity index (χ3v) is 4.46. The largest absolute Gasteiger partial charge is 0.328 e. The number of amides is 1. The second kappa shape index (κ2) is 6.05. The van der Waals surface area contributed by atoms with Gasteiger partial charge in [0.15, 0.2) is 0 Å². The number of rotatable bonds is 4. The minimum atomic E-state index is 0.0764. The standard InChI is InChI=1S/C15H28N2O/c1-11(2)8-14-15(18)17(10-16-14)9-13-6-4-12(3)5-7-13/h11-14,16H,4-10H2,1-3H3. The first-order chi connectivity index (χ1) is 8.56. The molecule has 0 aromatic heterocycles. The first-order valence-corrected chi connectivity index (χ1v) is 7.58. The van der Waals surface area contributed by atoms with Crippen molar-refractivity contribution >= 4 is 5.91 Å². The fourth-order valence-electron chi connectivity index (χ4n) is 3.24. The van der Waals surface area contributed by atoms with Crippen LogP contribution in [-0.4, -0.2) is 30.1 Å². The summed E-state index contributed by atoms with van der Waals surface area (Å²) < 4.78 is 0. The van der Waals surface area contributed by atoms with Gasteiger partial charge in [0.2, 0.25) is 5.91 Å². The van der Waals surface area contributed by atoms with Gasteiger partial charge < -0.3 is 4.90 Å². The Labute approximate surface area is 111 Å². The van der Waals surface area contributed by atoms with Crippen LogP contribution >= 0.6 is 0 Å². The van der Waals surface area contributed by atoms with Gasteiger partial charge in [0.25, 0.3) is 0 Å². The highest BCUT2D eigenvalue weighted by atomic mass is 16.2. The van der Waals surface area contributed by atoms with Crippen molar-refractivity contribution in [1.29, 1.82) is 0 Å². The average molecular weight is 252 g/mol. The smallest absolute Gasteiger partial charge is 0.240 e. The van der Waals surface area contributed by atoms with Crippen LogP contribution in [0.5, 0.6) is 0 Å². The molecule has 0 bridgehead atoms. The maximum atomic E-state index is 12.2. The Balaban J connectivity index is 1.79. The quantitative estimate of drug-likeness (QED) is 0.834. The summed E-state index contributed by atoms with van der Waals surface area (Å²) in [5.41, 5.74) is 0. The van der Waals surface area contributed by atoms with Crippen molar-refractivity contribution in [1.82, 2.24) is 10.2 Å². The summed E-state index contributed by atoms with van der Waals surface area (Å²) in [5, 5.41) is 3.36. The van der Waals surface area contributed by atoms with Gasteiger partial charge in [0, 0.05) is 6.54 Å². The van der Waals surface area contributed by atoms with Gasteiger partial charge in [-0.1, -0.05) is 33.6 Å². The molecule has 0 spiro atoms. The van der Waals surface area contributed by atoms with Gasteiger partial charge in [-0.3, -0.25) is 10.1 Å². The molecule has 2 rings (SSSR count). The van der Waals surface area contributed by atoms with E-state index in [-0.39, 0.29) is 6.04 Å². The Kier molecular flexibility index (Phi) is 4.66. The third kappa shape index (κ3) is 3.47. The van der Waals surface area contributed by atoms with Crippen LogP contribution in [0.25, 0.3) is 0 Å². The number of hydrogen-bond donors (Lipinski definition) is 1. The molecule has 1 heterocycles. The van der Waals surface area contributed by atoms with Crippen molar-refractivity contribution < 1.29 is 4.79 Å². The molecule has 1 aliphatic heterocycles. The summed E-state index contributed by atoms with van der Waals surface area (Å²) in [4.78, 5) is 14.3. The van der Waals surface area contributed by atoms with E-state index in [1.165, 1.54) is 25.7 Å². The molecular formula is C15H28N2O. The maximum absolute atomic E-state index is 12.2. The van der Waals surface area contributed by atoms with E-state index in [1.807, 2.05) is 4.90 Å². The minimum absolute atomic E-state index is 0.0764. The number of nitrogens with one attached hydrogen (secondary N) is 1. The van der Waals surface area contributed by atoms with E-state index >= 15 is 0 Å². The van der Waals surface area contributed by atoms with Gasteiger partial charge in [-0.2, -0.15) is 0 Å². The molecule has 1 N–H and O–H groups in total. The second-order valence-corrected chi connectivity index (χ2v) is 6.73. The summed E-state index contributed by atoms with van der Waals surface area (Å²) in [6, 6.07) is 0.0764. The Morgan fingerprint density at radius 2 is 1.94 bits per heavy atom. The number of nitrogens with zero attached hydrogens (tertiary/aromatic N) is 1. The van der Waals surface area contributed by atoms with Crippen molar-refractivity contribution in [3.05, 3.63) is 0 Å². The summed E-state index contributed by atoms with van der Waals surface area (Å²) in [7, 11) is 0. The van der Waals surface area contributed by atoms with E-state index in [9.17, 15) is 4.79 Å². The molecule has 0 radical (unpaired) electrons. The number of carbonyl (C=O) groups excluding carboxylic acids is 1. The first-order valence-electron chi connectivity index (χ1n) is 7.58. The molecule has 1 saturated heterocycles. The van der Waals surface area contributed by atoms with Crippen LogP contribution in [0.2, 0.25) is 0 Å². The molecule has 1 saturated carbocycles. The van der Waals surface area contributed by atoms with Crippen LogP contribution in [0.4, 0.5) is 0 Å². The lowest BCUT2D eigenvalue weighted by molar-refractivity contribution is -0.129. The molecule has 1 atom stereocenters. The molecule has 2 fully saturated rings. The van der Waals surface area contributed by atoms with Crippen molar-refractivity contribution in [2.24, 2.45) is 17.8 Å². The topological polar surface area (TPSA) is 32.3 Å². The molecule has 0 aromatic carbocycles. The van der Waals surface area contributed by atoms with Crippen molar-refractivity contribution in [2.45, 2.75) is 58.9 Å². The van der Waals surface area contributed by atoms with Gasteiger partial charge in [-0.25, -0.2) is 0 Å². The summed E-state index contributed by atoms with van der Waals surface area (Å²) in [5.74, 6) is 2.55. The normalized spacial score (nSPS) is 33.4. The molecule has 1 aliphatic carbocycles. The predicted octanol–water partition coefficient (Wildman–Crippen LogP) is 2.62. The van der Waals surface area contributed by atoms with Gasteiger partial charge >= 0.3 is 0 Å². The molecule has 3 nitrogen and oxygen atoms in total. The highest BCUT2D eigenvalue weighted by Crippen LogP contribution is 2.29. The Morgan fingerprint density at radius 3 is 2.56 bits per heavy atom. The monoisotopic (exact) mass is 252 g/mol. The van der Waals surface area contributed by atoms with Gasteiger partial charge in [-0.15, -0.1) is 0 Å².